The summed E-state index contributed by atoms with van der Waals surface area (Å²) in [5.74, 6) is 5.10. The number of esters is 1. The molecule has 0 unspecified atom stereocenters. The lowest BCUT2D eigenvalue weighted by Crippen LogP contribution is -2.68. The van der Waals surface area contributed by atoms with E-state index >= 15 is 0 Å². The third kappa shape index (κ3) is 5.09. The zero-order valence-corrected chi connectivity index (χ0v) is 19.6. The highest BCUT2D eigenvalue weighted by atomic mass is 28.4. The minimum atomic E-state index is -2.81. The van der Waals surface area contributed by atoms with Gasteiger partial charge in [0.2, 0.25) is 0 Å². The van der Waals surface area contributed by atoms with Gasteiger partial charge in [-0.25, -0.2) is 4.79 Å². The van der Waals surface area contributed by atoms with Crippen molar-refractivity contribution in [3.05, 3.63) is 73.0 Å². The Bertz CT molecular complexity index is 912. The van der Waals surface area contributed by atoms with E-state index in [1.807, 2.05) is 42.5 Å². The number of hydrogen-bond donors (Lipinski definition) is 0. The van der Waals surface area contributed by atoms with Gasteiger partial charge in [-0.05, 0) is 28.4 Å². The summed E-state index contributed by atoms with van der Waals surface area (Å²) >= 11 is 0. The Morgan fingerprint density at radius 3 is 2.13 bits per heavy atom. The second-order valence-corrected chi connectivity index (χ2v) is 12.8. The largest absolute Gasteiger partial charge is 0.501 e. The molecule has 0 spiro atoms. The molecule has 0 amide bonds. The molecule has 0 N–H and O–H groups in total. The van der Waals surface area contributed by atoms with Gasteiger partial charge in [0.15, 0.2) is 0 Å². The fourth-order valence-corrected chi connectivity index (χ4v) is 8.60. The summed E-state index contributed by atoms with van der Waals surface area (Å²) in [5, 5.41) is 2.14. The predicted octanol–water partition coefficient (Wildman–Crippen LogP) is 3.66. The average molecular weight is 435 g/mol. The zero-order chi connectivity index (χ0) is 22.3. The molecule has 31 heavy (non-hydrogen) atoms. The molecule has 1 aliphatic heterocycles. The highest BCUT2D eigenvalue weighted by Crippen LogP contribution is 2.38. The number of carbonyl (C=O) groups excluding carboxylic acids is 1. The standard InChI is InChI=1S/C26H30O4Si/c1-5-29-25(27)17-16-24(21-18-19-28-20-21)30-31(26(2,3)4,22-12-8-6-9-13-22)23-14-10-7-11-15-23/h6-15,18-19,21,24H,5,20H2,1-4H3/t21-,24+/m0/s1. The molecule has 0 saturated heterocycles. The van der Waals surface area contributed by atoms with Gasteiger partial charge in [0.25, 0.3) is 8.32 Å². The fraction of sp³-hybridized carbons (Fsp3) is 0.346. The fourth-order valence-electron chi connectivity index (χ4n) is 3.97. The van der Waals surface area contributed by atoms with Crippen molar-refractivity contribution in [3.63, 3.8) is 0 Å². The van der Waals surface area contributed by atoms with Crippen LogP contribution >= 0.6 is 0 Å². The lowest BCUT2D eigenvalue weighted by molar-refractivity contribution is -0.136. The van der Waals surface area contributed by atoms with E-state index in [0.717, 1.165) is 0 Å². The Morgan fingerprint density at radius 2 is 1.68 bits per heavy atom. The van der Waals surface area contributed by atoms with Crippen LogP contribution in [0.15, 0.2) is 73.0 Å². The van der Waals surface area contributed by atoms with Crippen molar-refractivity contribution in [2.24, 2.45) is 5.92 Å². The minimum Gasteiger partial charge on any atom is -0.501 e. The number of rotatable bonds is 6. The van der Waals surface area contributed by atoms with Crippen LogP contribution in [0.5, 0.6) is 0 Å². The van der Waals surface area contributed by atoms with Gasteiger partial charge in [0.05, 0.1) is 25.4 Å². The first kappa shape index (κ1) is 22.9. The molecule has 0 saturated carbocycles. The Morgan fingerprint density at radius 1 is 1.10 bits per heavy atom. The molecule has 4 nitrogen and oxygen atoms in total. The first-order chi connectivity index (χ1) is 14.9. The molecule has 1 heterocycles. The molecule has 5 heteroatoms. The quantitative estimate of drug-likeness (QED) is 0.301. The van der Waals surface area contributed by atoms with Gasteiger partial charge >= 0.3 is 5.97 Å². The van der Waals surface area contributed by atoms with E-state index in [4.69, 9.17) is 13.9 Å². The van der Waals surface area contributed by atoms with Crippen LogP contribution in [0.2, 0.25) is 5.04 Å². The third-order valence-corrected chi connectivity index (χ3v) is 10.4. The van der Waals surface area contributed by atoms with E-state index in [1.54, 1.807) is 13.2 Å². The van der Waals surface area contributed by atoms with Crippen LogP contribution in [0.4, 0.5) is 0 Å². The van der Waals surface area contributed by atoms with Crippen LogP contribution in [0.3, 0.4) is 0 Å². The molecule has 0 bridgehead atoms. The Kier molecular flexibility index (Phi) is 7.37. The van der Waals surface area contributed by atoms with Crippen molar-refractivity contribution < 1.29 is 18.7 Å². The molecule has 0 aliphatic carbocycles. The van der Waals surface area contributed by atoms with Crippen molar-refractivity contribution in [1.82, 2.24) is 0 Å². The van der Waals surface area contributed by atoms with Crippen molar-refractivity contribution >= 4 is 24.7 Å². The summed E-state index contributed by atoms with van der Waals surface area (Å²) in [6, 6.07) is 20.8. The lowest BCUT2D eigenvalue weighted by atomic mass is 10.1. The van der Waals surface area contributed by atoms with E-state index < -0.39 is 20.4 Å². The second kappa shape index (κ2) is 10.00. The number of hydrogen-bond acceptors (Lipinski definition) is 4. The van der Waals surface area contributed by atoms with Gasteiger partial charge in [-0.3, -0.25) is 0 Å². The second-order valence-electron chi connectivity index (χ2n) is 8.52. The molecular formula is C26H30O4Si. The predicted molar refractivity (Wildman–Crippen MR) is 125 cm³/mol. The maximum absolute atomic E-state index is 12.0. The first-order valence-electron chi connectivity index (χ1n) is 10.6. The van der Waals surface area contributed by atoms with E-state index in [9.17, 15) is 4.79 Å². The third-order valence-electron chi connectivity index (χ3n) is 5.41. The van der Waals surface area contributed by atoms with Crippen LogP contribution in [-0.2, 0) is 18.7 Å². The SMILES string of the molecule is CCOC(=O)C#C[C@@H](O[Si](c1ccccc1)(c1ccccc1)C(C)(C)C)[C@H]1C=COC1. The van der Waals surface area contributed by atoms with Crippen molar-refractivity contribution in [2.45, 2.75) is 38.8 Å². The highest BCUT2D eigenvalue weighted by molar-refractivity contribution is 6.99. The molecule has 1 aliphatic rings. The summed E-state index contributed by atoms with van der Waals surface area (Å²) in [6.07, 6.45) is 3.13. The normalized spacial score (nSPS) is 16.7. The molecule has 2 atom stereocenters. The van der Waals surface area contributed by atoms with Gasteiger partial charge in [-0.15, -0.1) is 0 Å². The maximum atomic E-state index is 12.0. The van der Waals surface area contributed by atoms with Crippen LogP contribution in [-0.4, -0.2) is 33.6 Å². The first-order valence-corrected chi connectivity index (χ1v) is 12.5. The van der Waals surface area contributed by atoms with E-state index in [1.165, 1.54) is 10.4 Å². The Hall–Kier alpha value is -2.81. The summed E-state index contributed by atoms with van der Waals surface area (Å²) in [6.45, 7) is 9.19. The van der Waals surface area contributed by atoms with E-state index in [-0.39, 0.29) is 11.0 Å². The number of ether oxygens (including phenoxy) is 2. The number of carbonyl (C=O) groups is 1. The topological polar surface area (TPSA) is 44.8 Å². The summed E-state index contributed by atoms with van der Waals surface area (Å²) in [5.41, 5.74) is 0. The van der Waals surface area contributed by atoms with Crippen LogP contribution in [0.1, 0.15) is 27.7 Å². The van der Waals surface area contributed by atoms with Crippen LogP contribution in [0, 0.1) is 17.8 Å². The monoisotopic (exact) mass is 434 g/mol. The van der Waals surface area contributed by atoms with Crippen molar-refractivity contribution in [2.75, 3.05) is 13.2 Å². The number of benzene rings is 2. The average Bonchev–Trinajstić information content (AvgIpc) is 3.29. The smallest absolute Gasteiger partial charge is 0.384 e. The molecule has 2 aromatic carbocycles. The van der Waals surface area contributed by atoms with Gasteiger partial charge in [-0.2, -0.15) is 0 Å². The van der Waals surface area contributed by atoms with Gasteiger partial charge in [0, 0.05) is 5.92 Å². The highest BCUT2D eigenvalue weighted by Gasteiger charge is 2.52. The summed E-state index contributed by atoms with van der Waals surface area (Å²) in [7, 11) is -2.81. The maximum Gasteiger partial charge on any atom is 0.384 e. The molecule has 162 valence electrons. The van der Waals surface area contributed by atoms with E-state index in [2.05, 4.69) is 56.9 Å². The molecule has 0 aromatic heterocycles. The summed E-state index contributed by atoms with van der Waals surface area (Å²) in [4.78, 5) is 12.0. The van der Waals surface area contributed by atoms with Crippen molar-refractivity contribution in [3.8, 4) is 11.8 Å². The van der Waals surface area contributed by atoms with Gasteiger partial charge in [-0.1, -0.05) is 87.4 Å². The van der Waals surface area contributed by atoms with E-state index in [0.29, 0.717) is 13.2 Å². The van der Waals surface area contributed by atoms with Gasteiger partial charge in [0.1, 0.15) is 6.10 Å². The van der Waals surface area contributed by atoms with Crippen molar-refractivity contribution in [1.29, 1.82) is 0 Å². The molecule has 0 fully saturated rings. The van der Waals surface area contributed by atoms with Gasteiger partial charge < -0.3 is 13.9 Å². The Balaban J connectivity index is 2.15. The molecule has 0 radical (unpaired) electrons. The lowest BCUT2D eigenvalue weighted by Gasteiger charge is -2.45. The van der Waals surface area contributed by atoms with Crippen LogP contribution in [0.25, 0.3) is 0 Å². The zero-order valence-electron chi connectivity index (χ0n) is 18.6. The Labute approximate surface area is 186 Å². The summed E-state index contributed by atoms with van der Waals surface area (Å²) < 4.78 is 17.6. The van der Waals surface area contributed by atoms with Crippen LogP contribution < -0.4 is 10.4 Å². The minimum absolute atomic E-state index is 0.0661. The molecule has 3 rings (SSSR count). The molecular weight excluding hydrogens is 404 g/mol. The molecule has 2 aromatic rings.